The van der Waals surface area contributed by atoms with E-state index in [9.17, 15) is 0 Å². The maximum Gasteiger partial charge on any atom is -0.000687 e. The van der Waals surface area contributed by atoms with Gasteiger partial charge in [0.05, 0.1) is 0 Å². The summed E-state index contributed by atoms with van der Waals surface area (Å²) in [5.41, 5.74) is 0.464. The molecule has 2 heteroatoms. The van der Waals surface area contributed by atoms with E-state index in [1.165, 1.54) is 32.5 Å². The van der Waals surface area contributed by atoms with Crippen LogP contribution in [0.2, 0.25) is 0 Å². The first-order valence-corrected chi connectivity index (χ1v) is 6.42. The van der Waals surface area contributed by atoms with Gasteiger partial charge in [-0.05, 0) is 51.0 Å². The summed E-state index contributed by atoms with van der Waals surface area (Å²) in [4.78, 5) is 2.48. The fourth-order valence-corrected chi connectivity index (χ4v) is 1.56. The Labute approximate surface area is 96.4 Å². The van der Waals surface area contributed by atoms with Crippen molar-refractivity contribution in [3.05, 3.63) is 0 Å². The van der Waals surface area contributed by atoms with Gasteiger partial charge >= 0.3 is 0 Å². The molecule has 0 heterocycles. The molecule has 0 amide bonds. The Balaban J connectivity index is 3.25. The van der Waals surface area contributed by atoms with Crippen LogP contribution in [0.4, 0.5) is 0 Å². The van der Waals surface area contributed by atoms with E-state index < -0.39 is 0 Å². The van der Waals surface area contributed by atoms with Crippen LogP contribution in [0.5, 0.6) is 0 Å². The quantitative estimate of drug-likeness (QED) is 0.625. The molecule has 0 fully saturated rings. The molecular weight excluding hydrogens is 184 g/mol. The van der Waals surface area contributed by atoms with Crippen molar-refractivity contribution in [2.45, 2.75) is 47.5 Å². The van der Waals surface area contributed by atoms with E-state index >= 15 is 0 Å². The SMILES string of the molecule is CCN(CC)CCCNCCC(C)(C)C. The third kappa shape index (κ3) is 10.2. The Morgan fingerprint density at radius 2 is 1.60 bits per heavy atom. The van der Waals surface area contributed by atoms with Gasteiger partial charge in [0.1, 0.15) is 0 Å². The lowest BCUT2D eigenvalue weighted by molar-refractivity contribution is 0.295. The summed E-state index contributed by atoms with van der Waals surface area (Å²) in [6.45, 7) is 17.3. The molecule has 92 valence electrons. The molecule has 0 rings (SSSR count). The number of hydrogen-bond acceptors (Lipinski definition) is 2. The summed E-state index contributed by atoms with van der Waals surface area (Å²) in [7, 11) is 0. The van der Waals surface area contributed by atoms with E-state index in [0.717, 1.165) is 13.1 Å². The van der Waals surface area contributed by atoms with E-state index in [1.807, 2.05) is 0 Å². The van der Waals surface area contributed by atoms with Crippen molar-refractivity contribution in [3.8, 4) is 0 Å². The zero-order chi connectivity index (χ0) is 11.7. The number of nitrogens with zero attached hydrogens (tertiary/aromatic N) is 1. The molecule has 0 bridgehead atoms. The highest BCUT2D eigenvalue weighted by atomic mass is 15.1. The Morgan fingerprint density at radius 1 is 1.00 bits per heavy atom. The first-order chi connectivity index (χ1) is 6.99. The fraction of sp³-hybridized carbons (Fsp3) is 1.00. The molecular formula is C13H30N2. The van der Waals surface area contributed by atoms with Gasteiger partial charge in [-0.25, -0.2) is 0 Å². The summed E-state index contributed by atoms with van der Waals surface area (Å²) in [6, 6.07) is 0. The van der Waals surface area contributed by atoms with Gasteiger partial charge < -0.3 is 10.2 Å². The molecule has 0 aliphatic rings. The minimum absolute atomic E-state index is 0.464. The van der Waals surface area contributed by atoms with Gasteiger partial charge in [0.25, 0.3) is 0 Å². The molecule has 0 spiro atoms. The van der Waals surface area contributed by atoms with Crippen molar-refractivity contribution >= 4 is 0 Å². The number of hydrogen-bond donors (Lipinski definition) is 1. The number of nitrogens with one attached hydrogen (secondary N) is 1. The van der Waals surface area contributed by atoms with Gasteiger partial charge in [-0.15, -0.1) is 0 Å². The predicted molar refractivity (Wildman–Crippen MR) is 69.3 cm³/mol. The molecule has 2 nitrogen and oxygen atoms in total. The molecule has 0 radical (unpaired) electrons. The van der Waals surface area contributed by atoms with Gasteiger partial charge in [-0.3, -0.25) is 0 Å². The van der Waals surface area contributed by atoms with Gasteiger partial charge in [0, 0.05) is 0 Å². The lowest BCUT2D eigenvalue weighted by atomic mass is 9.92. The predicted octanol–water partition coefficient (Wildman–Crippen LogP) is 2.74. The minimum atomic E-state index is 0.464. The van der Waals surface area contributed by atoms with Crippen LogP contribution >= 0.6 is 0 Å². The maximum atomic E-state index is 3.52. The molecule has 0 aromatic carbocycles. The largest absolute Gasteiger partial charge is 0.317 e. The first-order valence-electron chi connectivity index (χ1n) is 6.42. The monoisotopic (exact) mass is 214 g/mol. The van der Waals surface area contributed by atoms with E-state index in [-0.39, 0.29) is 0 Å². The van der Waals surface area contributed by atoms with Crippen LogP contribution in [-0.4, -0.2) is 37.6 Å². The van der Waals surface area contributed by atoms with Gasteiger partial charge in [0.15, 0.2) is 0 Å². The zero-order valence-electron chi connectivity index (χ0n) is 11.4. The Morgan fingerprint density at radius 3 is 2.07 bits per heavy atom. The lowest BCUT2D eigenvalue weighted by Gasteiger charge is -2.19. The standard InChI is InChI=1S/C13H30N2/c1-6-15(7-2)12-8-10-14-11-9-13(3,4)5/h14H,6-12H2,1-5H3. The van der Waals surface area contributed by atoms with E-state index in [4.69, 9.17) is 0 Å². The molecule has 0 aromatic rings. The van der Waals surface area contributed by atoms with Crippen LogP contribution in [0.15, 0.2) is 0 Å². The Hall–Kier alpha value is -0.0800. The maximum absolute atomic E-state index is 3.52. The molecule has 0 unspecified atom stereocenters. The average molecular weight is 214 g/mol. The normalized spacial score (nSPS) is 12.4. The molecule has 0 saturated heterocycles. The average Bonchev–Trinajstić information content (AvgIpc) is 2.15. The smallest absolute Gasteiger partial charge is 0.000687 e. The summed E-state index contributed by atoms with van der Waals surface area (Å²) < 4.78 is 0. The van der Waals surface area contributed by atoms with Crippen molar-refractivity contribution in [2.75, 3.05) is 32.7 Å². The second-order valence-electron chi connectivity index (χ2n) is 5.44. The Kier molecular flexibility index (Phi) is 8.07. The third-order valence-corrected chi connectivity index (χ3v) is 2.77. The van der Waals surface area contributed by atoms with Crippen LogP contribution in [0.1, 0.15) is 47.5 Å². The highest BCUT2D eigenvalue weighted by molar-refractivity contribution is 4.63. The highest BCUT2D eigenvalue weighted by Crippen LogP contribution is 2.16. The molecule has 0 atom stereocenters. The van der Waals surface area contributed by atoms with Crippen molar-refractivity contribution < 1.29 is 0 Å². The summed E-state index contributed by atoms with van der Waals surface area (Å²) >= 11 is 0. The van der Waals surface area contributed by atoms with Gasteiger partial charge in [-0.1, -0.05) is 34.6 Å². The van der Waals surface area contributed by atoms with Crippen molar-refractivity contribution in [2.24, 2.45) is 5.41 Å². The van der Waals surface area contributed by atoms with E-state index in [2.05, 4.69) is 44.8 Å². The van der Waals surface area contributed by atoms with Crippen LogP contribution in [-0.2, 0) is 0 Å². The van der Waals surface area contributed by atoms with E-state index in [1.54, 1.807) is 0 Å². The Bertz CT molecular complexity index is 134. The van der Waals surface area contributed by atoms with Crippen molar-refractivity contribution in [3.63, 3.8) is 0 Å². The molecule has 0 aliphatic heterocycles. The third-order valence-electron chi connectivity index (χ3n) is 2.77. The highest BCUT2D eigenvalue weighted by Gasteiger charge is 2.08. The fourth-order valence-electron chi connectivity index (χ4n) is 1.56. The second kappa shape index (κ2) is 8.12. The van der Waals surface area contributed by atoms with Gasteiger partial charge in [0.2, 0.25) is 0 Å². The van der Waals surface area contributed by atoms with Crippen molar-refractivity contribution in [1.29, 1.82) is 0 Å². The van der Waals surface area contributed by atoms with Crippen LogP contribution in [0.25, 0.3) is 0 Å². The summed E-state index contributed by atoms with van der Waals surface area (Å²) in [6.07, 6.45) is 2.53. The molecule has 0 aliphatic carbocycles. The molecule has 0 saturated carbocycles. The summed E-state index contributed by atoms with van der Waals surface area (Å²) in [5.74, 6) is 0. The first kappa shape index (κ1) is 14.9. The lowest BCUT2D eigenvalue weighted by Crippen LogP contribution is -2.28. The minimum Gasteiger partial charge on any atom is -0.317 e. The number of rotatable bonds is 8. The summed E-state index contributed by atoms with van der Waals surface area (Å²) in [5, 5.41) is 3.52. The van der Waals surface area contributed by atoms with Crippen molar-refractivity contribution in [1.82, 2.24) is 10.2 Å². The zero-order valence-corrected chi connectivity index (χ0v) is 11.4. The molecule has 1 N–H and O–H groups in total. The molecule has 15 heavy (non-hydrogen) atoms. The van der Waals surface area contributed by atoms with E-state index in [0.29, 0.717) is 5.41 Å². The molecule has 0 aromatic heterocycles. The second-order valence-corrected chi connectivity index (χ2v) is 5.44. The van der Waals surface area contributed by atoms with Crippen LogP contribution < -0.4 is 5.32 Å². The van der Waals surface area contributed by atoms with Gasteiger partial charge in [-0.2, -0.15) is 0 Å². The topological polar surface area (TPSA) is 15.3 Å². The van der Waals surface area contributed by atoms with Crippen LogP contribution in [0.3, 0.4) is 0 Å². The van der Waals surface area contributed by atoms with Crippen LogP contribution in [0, 0.1) is 5.41 Å².